The summed E-state index contributed by atoms with van der Waals surface area (Å²) in [4.78, 5) is 31.8. The molecule has 0 fully saturated rings. The second-order valence-corrected chi connectivity index (χ2v) is 5.71. The lowest BCUT2D eigenvalue weighted by molar-refractivity contribution is -0.139. The van der Waals surface area contributed by atoms with Gasteiger partial charge in [-0.25, -0.2) is 16.2 Å². The Bertz CT molecular complexity index is 798. The van der Waals surface area contributed by atoms with Gasteiger partial charge in [-0.15, -0.1) is 0 Å². The van der Waals surface area contributed by atoms with E-state index in [1.54, 1.807) is 12.1 Å². The van der Waals surface area contributed by atoms with E-state index in [1.165, 1.54) is 13.0 Å². The minimum absolute atomic E-state index is 0.00828. The maximum absolute atomic E-state index is 12.1. The lowest BCUT2D eigenvalue weighted by Crippen LogP contribution is -2.28. The standard InChI is InChI=1S/C20H22N4O3/c1-15(2)20(26)27-13-11-23-19(25)18(22-4)14-16-6-8-17(9-7-16)24(5)12-10-21-3/h6-9,14H,1,10-13H2,2,5H3,(H,23,25). The van der Waals surface area contributed by atoms with Crippen LogP contribution >= 0.6 is 0 Å². The third kappa shape index (κ3) is 7.45. The molecule has 0 aromatic heterocycles. The van der Waals surface area contributed by atoms with Gasteiger partial charge in [-0.3, -0.25) is 4.79 Å². The fourth-order valence-corrected chi connectivity index (χ4v) is 1.98. The van der Waals surface area contributed by atoms with Gasteiger partial charge >= 0.3 is 5.97 Å². The molecule has 0 aliphatic rings. The van der Waals surface area contributed by atoms with Crippen LogP contribution < -0.4 is 10.2 Å². The highest BCUT2D eigenvalue weighted by Crippen LogP contribution is 2.16. The van der Waals surface area contributed by atoms with Gasteiger partial charge < -0.3 is 19.8 Å². The van der Waals surface area contributed by atoms with Crippen LogP contribution in [0.1, 0.15) is 12.5 Å². The number of anilines is 1. The Hall–Kier alpha value is -3.58. The first-order chi connectivity index (χ1) is 12.9. The van der Waals surface area contributed by atoms with Crippen LogP contribution in [0.3, 0.4) is 0 Å². The third-order valence-corrected chi connectivity index (χ3v) is 3.51. The SMILES string of the molecule is [C-]#[N+]CCN(C)c1ccc(C=C([N+]#[C-])C(=O)NCCOC(=O)C(=C)C)cc1. The highest BCUT2D eigenvalue weighted by Gasteiger charge is 2.10. The summed E-state index contributed by atoms with van der Waals surface area (Å²) in [5, 5.41) is 2.54. The molecular weight excluding hydrogens is 344 g/mol. The molecule has 0 atom stereocenters. The van der Waals surface area contributed by atoms with E-state index in [4.69, 9.17) is 17.9 Å². The highest BCUT2D eigenvalue weighted by molar-refractivity contribution is 5.99. The van der Waals surface area contributed by atoms with E-state index in [0.29, 0.717) is 18.7 Å². The van der Waals surface area contributed by atoms with Crippen LogP contribution in [0.25, 0.3) is 15.8 Å². The van der Waals surface area contributed by atoms with Gasteiger partial charge in [0, 0.05) is 18.3 Å². The first kappa shape index (κ1) is 21.5. The Balaban J connectivity index is 2.64. The van der Waals surface area contributed by atoms with Crippen LogP contribution in [-0.4, -0.2) is 45.2 Å². The van der Waals surface area contributed by atoms with E-state index in [0.717, 1.165) is 5.69 Å². The van der Waals surface area contributed by atoms with Crippen LogP contribution in [-0.2, 0) is 14.3 Å². The molecule has 0 spiro atoms. The second kappa shape index (κ2) is 11.1. The summed E-state index contributed by atoms with van der Waals surface area (Å²) in [6.07, 6.45) is 1.49. The molecule has 1 aromatic carbocycles. The fraction of sp³-hybridized carbons (Fsp3) is 0.300. The number of hydrogen-bond donors (Lipinski definition) is 1. The van der Waals surface area contributed by atoms with Gasteiger partial charge in [0.25, 0.3) is 5.70 Å². The van der Waals surface area contributed by atoms with Crippen LogP contribution in [0.4, 0.5) is 5.69 Å². The maximum atomic E-state index is 12.1. The average molecular weight is 366 g/mol. The fourth-order valence-electron chi connectivity index (χ4n) is 1.98. The van der Waals surface area contributed by atoms with Crippen LogP contribution in [0.2, 0.25) is 0 Å². The summed E-state index contributed by atoms with van der Waals surface area (Å²) in [7, 11) is 1.90. The zero-order valence-corrected chi connectivity index (χ0v) is 15.5. The number of carbonyl (C=O) groups is 2. The Kier molecular flexibility index (Phi) is 8.84. The van der Waals surface area contributed by atoms with Crippen molar-refractivity contribution in [1.29, 1.82) is 0 Å². The zero-order valence-electron chi connectivity index (χ0n) is 15.5. The highest BCUT2D eigenvalue weighted by atomic mass is 16.5. The van der Waals surface area contributed by atoms with Gasteiger partial charge in [0.1, 0.15) is 6.61 Å². The van der Waals surface area contributed by atoms with E-state index >= 15 is 0 Å². The molecule has 0 saturated heterocycles. The number of esters is 1. The topological polar surface area (TPSA) is 67.4 Å². The second-order valence-electron chi connectivity index (χ2n) is 5.71. The predicted octanol–water partition coefficient (Wildman–Crippen LogP) is 2.54. The summed E-state index contributed by atoms with van der Waals surface area (Å²) in [6.45, 7) is 20.2. The van der Waals surface area contributed by atoms with Crippen LogP contribution in [0.5, 0.6) is 0 Å². The number of nitrogens with zero attached hydrogens (tertiary/aromatic N) is 3. The molecule has 7 nitrogen and oxygen atoms in total. The molecule has 0 heterocycles. The number of ether oxygens (including phenoxy) is 1. The molecule has 1 amide bonds. The summed E-state index contributed by atoms with van der Waals surface area (Å²) in [5.41, 5.74) is 1.89. The normalized spacial score (nSPS) is 10.3. The summed E-state index contributed by atoms with van der Waals surface area (Å²) >= 11 is 0. The van der Waals surface area contributed by atoms with Crippen molar-refractivity contribution in [3.63, 3.8) is 0 Å². The monoisotopic (exact) mass is 366 g/mol. The molecule has 1 N–H and O–H groups in total. The molecule has 0 aliphatic heterocycles. The van der Waals surface area contributed by atoms with E-state index in [-0.39, 0.29) is 24.4 Å². The Morgan fingerprint density at radius 2 is 1.96 bits per heavy atom. The van der Waals surface area contributed by atoms with Gasteiger partial charge in [-0.1, -0.05) is 18.7 Å². The number of rotatable bonds is 9. The lowest BCUT2D eigenvalue weighted by atomic mass is 10.1. The minimum atomic E-state index is -0.533. The molecule has 0 saturated carbocycles. The van der Waals surface area contributed by atoms with Crippen molar-refractivity contribution in [3.8, 4) is 0 Å². The van der Waals surface area contributed by atoms with E-state index in [9.17, 15) is 9.59 Å². The van der Waals surface area contributed by atoms with Crippen LogP contribution in [0.15, 0.2) is 42.1 Å². The molecule has 0 bridgehead atoms. The molecule has 0 unspecified atom stereocenters. The molecule has 1 aromatic rings. The van der Waals surface area contributed by atoms with Crippen molar-refractivity contribution in [2.45, 2.75) is 6.92 Å². The summed E-state index contributed by atoms with van der Waals surface area (Å²) in [5.74, 6) is -1.05. The summed E-state index contributed by atoms with van der Waals surface area (Å²) in [6, 6.07) is 7.34. The van der Waals surface area contributed by atoms with Crippen molar-refractivity contribution in [1.82, 2.24) is 5.32 Å². The van der Waals surface area contributed by atoms with Crippen molar-refractivity contribution in [2.24, 2.45) is 0 Å². The number of hydrogen-bond acceptors (Lipinski definition) is 4. The number of benzene rings is 1. The molecule has 0 radical (unpaired) electrons. The largest absolute Gasteiger partial charge is 0.460 e. The van der Waals surface area contributed by atoms with Crippen molar-refractivity contribution in [2.75, 3.05) is 38.2 Å². The number of carbonyl (C=O) groups excluding carboxylic acids is 2. The molecule has 1 rings (SSSR count). The Labute approximate surface area is 159 Å². The lowest BCUT2D eigenvalue weighted by Gasteiger charge is -2.16. The maximum Gasteiger partial charge on any atom is 0.333 e. The molecule has 0 aliphatic carbocycles. The quantitative estimate of drug-likeness (QED) is 0.316. The van der Waals surface area contributed by atoms with Crippen LogP contribution in [0, 0.1) is 13.1 Å². The Morgan fingerprint density at radius 1 is 1.30 bits per heavy atom. The Morgan fingerprint density at radius 3 is 2.52 bits per heavy atom. The third-order valence-electron chi connectivity index (χ3n) is 3.51. The number of nitrogens with one attached hydrogen (secondary N) is 1. The number of amides is 1. The molecule has 140 valence electrons. The van der Waals surface area contributed by atoms with Gasteiger partial charge in [-0.05, 0) is 30.7 Å². The van der Waals surface area contributed by atoms with Crippen molar-refractivity contribution in [3.05, 3.63) is 70.5 Å². The molecular formula is C20H22N4O3. The average Bonchev–Trinajstić information content (AvgIpc) is 2.67. The van der Waals surface area contributed by atoms with Gasteiger partial charge in [0.15, 0.2) is 0 Å². The van der Waals surface area contributed by atoms with Gasteiger partial charge in [-0.2, -0.15) is 0 Å². The van der Waals surface area contributed by atoms with E-state index < -0.39 is 11.9 Å². The minimum Gasteiger partial charge on any atom is -0.460 e. The number of likely N-dealkylation sites (N-methyl/N-ethyl adjacent to an activating group) is 1. The van der Waals surface area contributed by atoms with Gasteiger partial charge in [0.2, 0.25) is 12.5 Å². The predicted molar refractivity (Wildman–Crippen MR) is 105 cm³/mol. The van der Waals surface area contributed by atoms with Gasteiger partial charge in [0.05, 0.1) is 19.7 Å². The zero-order chi connectivity index (χ0) is 20.2. The van der Waals surface area contributed by atoms with E-state index in [1.807, 2.05) is 24.1 Å². The van der Waals surface area contributed by atoms with Crippen molar-refractivity contribution < 1.29 is 14.3 Å². The smallest absolute Gasteiger partial charge is 0.333 e. The first-order valence-electron chi connectivity index (χ1n) is 8.23. The van der Waals surface area contributed by atoms with Crippen molar-refractivity contribution >= 4 is 23.6 Å². The summed E-state index contributed by atoms with van der Waals surface area (Å²) < 4.78 is 4.88. The van der Waals surface area contributed by atoms with E-state index in [2.05, 4.69) is 21.6 Å². The molecule has 7 heteroatoms. The first-order valence-corrected chi connectivity index (χ1v) is 8.23. The molecule has 27 heavy (non-hydrogen) atoms.